The Kier molecular flexibility index (Phi) is 4.47. The minimum Gasteiger partial charge on any atom is -0.352 e. The van der Waals surface area contributed by atoms with Gasteiger partial charge in [-0.1, -0.05) is 6.07 Å². The molecule has 0 saturated carbocycles. The van der Waals surface area contributed by atoms with E-state index in [1.165, 1.54) is 6.07 Å². The number of nitrogens with one attached hydrogen (secondary N) is 2. The van der Waals surface area contributed by atoms with E-state index in [-0.39, 0.29) is 18.4 Å². The number of carbonyl (C=O) groups excluding carboxylic acids is 1. The fourth-order valence-corrected chi connectivity index (χ4v) is 2.21. The lowest BCUT2D eigenvalue weighted by Gasteiger charge is -2.26. The van der Waals surface area contributed by atoms with Crippen LogP contribution in [0.25, 0.3) is 0 Å². The van der Waals surface area contributed by atoms with E-state index in [0.717, 1.165) is 25.0 Å². The molecular weight excluding hydrogens is 250 g/mol. The second-order valence-corrected chi connectivity index (χ2v) is 5.05. The van der Waals surface area contributed by atoms with Gasteiger partial charge < -0.3 is 10.6 Å². The standard InChI is InChI=1S/C14H18F2N2O/c1-9-2-4-11(8-17-9)14(19)18-7-10-3-5-12(15)13(16)6-10/h3,5-6,9,11,17H,2,4,7-8H2,1H3,(H,18,19). The van der Waals surface area contributed by atoms with Crippen LogP contribution in [0.15, 0.2) is 18.2 Å². The lowest BCUT2D eigenvalue weighted by atomic mass is 9.95. The summed E-state index contributed by atoms with van der Waals surface area (Å²) >= 11 is 0. The van der Waals surface area contributed by atoms with E-state index in [1.807, 2.05) is 0 Å². The van der Waals surface area contributed by atoms with Crippen molar-refractivity contribution in [2.75, 3.05) is 6.54 Å². The zero-order valence-corrected chi connectivity index (χ0v) is 10.9. The molecule has 2 atom stereocenters. The van der Waals surface area contributed by atoms with Crippen LogP contribution in [0.2, 0.25) is 0 Å². The van der Waals surface area contributed by atoms with Crippen LogP contribution in [-0.4, -0.2) is 18.5 Å². The van der Waals surface area contributed by atoms with Gasteiger partial charge in [-0.2, -0.15) is 0 Å². The molecule has 1 heterocycles. The predicted molar refractivity (Wildman–Crippen MR) is 68.4 cm³/mol. The van der Waals surface area contributed by atoms with E-state index in [1.54, 1.807) is 0 Å². The Morgan fingerprint density at radius 3 is 2.79 bits per heavy atom. The summed E-state index contributed by atoms with van der Waals surface area (Å²) in [5, 5.41) is 6.02. The average molecular weight is 268 g/mol. The molecule has 0 spiro atoms. The quantitative estimate of drug-likeness (QED) is 0.880. The largest absolute Gasteiger partial charge is 0.352 e. The van der Waals surface area contributed by atoms with Gasteiger partial charge >= 0.3 is 0 Å². The third kappa shape index (κ3) is 3.73. The van der Waals surface area contributed by atoms with Gasteiger partial charge in [-0.3, -0.25) is 4.79 Å². The number of carbonyl (C=O) groups is 1. The lowest BCUT2D eigenvalue weighted by molar-refractivity contribution is -0.125. The van der Waals surface area contributed by atoms with Crippen molar-refractivity contribution in [3.05, 3.63) is 35.4 Å². The smallest absolute Gasteiger partial charge is 0.224 e. The minimum absolute atomic E-state index is 0.0378. The van der Waals surface area contributed by atoms with Crippen molar-refractivity contribution in [3.8, 4) is 0 Å². The van der Waals surface area contributed by atoms with Crippen molar-refractivity contribution in [2.45, 2.75) is 32.4 Å². The summed E-state index contributed by atoms with van der Waals surface area (Å²) in [4.78, 5) is 11.9. The Balaban J connectivity index is 1.84. The third-order valence-electron chi connectivity index (χ3n) is 3.48. The number of halogens is 2. The summed E-state index contributed by atoms with van der Waals surface area (Å²) in [6.07, 6.45) is 1.83. The predicted octanol–water partition coefficient (Wildman–Crippen LogP) is 1.97. The SMILES string of the molecule is CC1CCC(C(=O)NCc2ccc(F)c(F)c2)CN1. The number of amides is 1. The molecule has 2 N–H and O–H groups in total. The molecule has 3 nitrogen and oxygen atoms in total. The molecule has 1 aromatic rings. The van der Waals surface area contributed by atoms with Gasteiger partial charge in [-0.15, -0.1) is 0 Å². The van der Waals surface area contributed by atoms with Crippen molar-refractivity contribution in [2.24, 2.45) is 5.92 Å². The molecule has 2 rings (SSSR count). The second-order valence-electron chi connectivity index (χ2n) is 5.05. The second kappa shape index (κ2) is 6.10. The fraction of sp³-hybridized carbons (Fsp3) is 0.500. The third-order valence-corrected chi connectivity index (χ3v) is 3.48. The number of hydrogen-bond acceptors (Lipinski definition) is 2. The zero-order chi connectivity index (χ0) is 13.8. The Morgan fingerprint density at radius 1 is 1.37 bits per heavy atom. The molecule has 0 radical (unpaired) electrons. The van der Waals surface area contributed by atoms with Crippen LogP contribution < -0.4 is 10.6 Å². The maximum absolute atomic E-state index is 13.0. The highest BCUT2D eigenvalue weighted by Gasteiger charge is 2.23. The first-order chi connectivity index (χ1) is 9.06. The molecule has 19 heavy (non-hydrogen) atoms. The highest BCUT2D eigenvalue weighted by molar-refractivity contribution is 5.78. The van der Waals surface area contributed by atoms with Gasteiger partial charge in [0.15, 0.2) is 11.6 Å². The molecule has 1 saturated heterocycles. The molecule has 0 aromatic heterocycles. The first-order valence-electron chi connectivity index (χ1n) is 6.51. The van der Waals surface area contributed by atoms with Gasteiger partial charge in [-0.25, -0.2) is 8.78 Å². The normalized spacial score (nSPS) is 23.1. The average Bonchev–Trinajstić information content (AvgIpc) is 2.40. The van der Waals surface area contributed by atoms with Crippen molar-refractivity contribution in [1.82, 2.24) is 10.6 Å². The maximum atomic E-state index is 13.0. The Bertz CT molecular complexity index is 457. The summed E-state index contributed by atoms with van der Waals surface area (Å²) in [7, 11) is 0. The lowest BCUT2D eigenvalue weighted by Crippen LogP contribution is -2.43. The highest BCUT2D eigenvalue weighted by Crippen LogP contribution is 2.14. The number of rotatable bonds is 3. The monoisotopic (exact) mass is 268 g/mol. The van der Waals surface area contributed by atoms with E-state index < -0.39 is 11.6 Å². The first kappa shape index (κ1) is 13.9. The van der Waals surface area contributed by atoms with Crippen LogP contribution in [0.4, 0.5) is 8.78 Å². The summed E-state index contributed by atoms with van der Waals surface area (Å²) in [5.41, 5.74) is 0.560. The van der Waals surface area contributed by atoms with Crippen molar-refractivity contribution >= 4 is 5.91 Å². The number of benzene rings is 1. The van der Waals surface area contributed by atoms with Gasteiger partial charge in [0.1, 0.15) is 0 Å². The first-order valence-corrected chi connectivity index (χ1v) is 6.51. The van der Waals surface area contributed by atoms with Crippen LogP contribution in [0.3, 0.4) is 0 Å². The van der Waals surface area contributed by atoms with Gasteiger partial charge in [-0.05, 0) is 37.5 Å². The van der Waals surface area contributed by atoms with Crippen molar-refractivity contribution in [1.29, 1.82) is 0 Å². The Labute approximate surface area is 111 Å². The van der Waals surface area contributed by atoms with Crippen LogP contribution in [0, 0.1) is 17.6 Å². The van der Waals surface area contributed by atoms with Crippen molar-refractivity contribution in [3.63, 3.8) is 0 Å². The molecule has 104 valence electrons. The molecule has 1 aliphatic heterocycles. The molecular formula is C14H18F2N2O. The van der Waals surface area contributed by atoms with E-state index in [2.05, 4.69) is 17.6 Å². The van der Waals surface area contributed by atoms with Gasteiger partial charge in [0.2, 0.25) is 5.91 Å². The van der Waals surface area contributed by atoms with E-state index >= 15 is 0 Å². The summed E-state index contributed by atoms with van der Waals surface area (Å²) in [6, 6.07) is 4.10. The number of piperidine rings is 1. The minimum atomic E-state index is -0.889. The Morgan fingerprint density at radius 2 is 2.16 bits per heavy atom. The Hall–Kier alpha value is -1.49. The maximum Gasteiger partial charge on any atom is 0.224 e. The molecule has 2 unspecified atom stereocenters. The van der Waals surface area contributed by atoms with E-state index in [0.29, 0.717) is 18.2 Å². The zero-order valence-electron chi connectivity index (χ0n) is 10.9. The molecule has 1 amide bonds. The van der Waals surface area contributed by atoms with Crippen molar-refractivity contribution < 1.29 is 13.6 Å². The van der Waals surface area contributed by atoms with Crippen LogP contribution in [0.5, 0.6) is 0 Å². The van der Waals surface area contributed by atoms with Crippen LogP contribution >= 0.6 is 0 Å². The molecule has 1 aromatic carbocycles. The summed E-state index contributed by atoms with van der Waals surface area (Å²) < 4.78 is 25.8. The summed E-state index contributed by atoms with van der Waals surface area (Å²) in [5.74, 6) is -1.84. The van der Waals surface area contributed by atoms with Gasteiger partial charge in [0.25, 0.3) is 0 Å². The molecule has 0 aliphatic carbocycles. The molecule has 1 aliphatic rings. The van der Waals surface area contributed by atoms with Gasteiger partial charge in [0, 0.05) is 19.1 Å². The molecule has 5 heteroatoms. The summed E-state index contributed by atoms with van der Waals surface area (Å²) in [6.45, 7) is 2.99. The van der Waals surface area contributed by atoms with Crippen LogP contribution in [0.1, 0.15) is 25.3 Å². The van der Waals surface area contributed by atoms with E-state index in [9.17, 15) is 13.6 Å². The van der Waals surface area contributed by atoms with Gasteiger partial charge in [0.05, 0.1) is 5.92 Å². The van der Waals surface area contributed by atoms with E-state index in [4.69, 9.17) is 0 Å². The number of hydrogen-bond donors (Lipinski definition) is 2. The molecule has 0 bridgehead atoms. The molecule has 1 fully saturated rings. The topological polar surface area (TPSA) is 41.1 Å². The highest BCUT2D eigenvalue weighted by atomic mass is 19.2. The fourth-order valence-electron chi connectivity index (χ4n) is 2.21. The van der Waals surface area contributed by atoms with Crippen LogP contribution in [-0.2, 0) is 11.3 Å².